The molecular weight excluding hydrogens is 201 g/mol. The zero-order chi connectivity index (χ0) is 12.7. The van der Waals surface area contributed by atoms with Crippen LogP contribution in [-0.4, -0.2) is 0 Å². The summed E-state index contributed by atoms with van der Waals surface area (Å²) in [5, 5.41) is 8.68. The van der Waals surface area contributed by atoms with Gasteiger partial charge in [-0.25, -0.2) is 4.39 Å². The summed E-state index contributed by atoms with van der Waals surface area (Å²) in [7, 11) is 0. The van der Waals surface area contributed by atoms with Gasteiger partial charge >= 0.3 is 0 Å². The lowest BCUT2D eigenvalue weighted by Crippen LogP contribution is -1.98. The molecule has 1 aromatic carbocycles. The van der Waals surface area contributed by atoms with Gasteiger partial charge in [0.25, 0.3) is 0 Å². The molecule has 1 rings (SSSR count). The third kappa shape index (κ3) is 3.34. The standard InChI is InChI=1S/C12H14FN.C2H6/c1-4-9-5-10(7-14)12(13)6-11(9)8(2)3;1-2/h5-6,8H,4H2,1-3H3;1-2H3. The van der Waals surface area contributed by atoms with Gasteiger partial charge in [-0.1, -0.05) is 34.6 Å². The van der Waals surface area contributed by atoms with E-state index in [0.717, 1.165) is 17.5 Å². The van der Waals surface area contributed by atoms with Crippen molar-refractivity contribution in [2.24, 2.45) is 0 Å². The Morgan fingerprint density at radius 3 is 2.25 bits per heavy atom. The zero-order valence-corrected chi connectivity index (χ0v) is 10.8. The van der Waals surface area contributed by atoms with Crippen molar-refractivity contribution >= 4 is 0 Å². The van der Waals surface area contributed by atoms with E-state index in [1.54, 1.807) is 6.07 Å². The zero-order valence-electron chi connectivity index (χ0n) is 10.8. The van der Waals surface area contributed by atoms with Crippen molar-refractivity contribution in [2.45, 2.75) is 47.0 Å². The SMILES string of the molecule is CC.CCc1cc(C#N)c(F)cc1C(C)C. The molecule has 0 N–H and O–H groups in total. The van der Waals surface area contributed by atoms with E-state index in [-0.39, 0.29) is 5.56 Å². The van der Waals surface area contributed by atoms with Crippen LogP contribution in [0.4, 0.5) is 4.39 Å². The molecule has 0 heterocycles. The number of hydrogen-bond donors (Lipinski definition) is 0. The van der Waals surface area contributed by atoms with Crippen LogP contribution in [0.1, 0.15) is 57.2 Å². The minimum Gasteiger partial charge on any atom is -0.206 e. The van der Waals surface area contributed by atoms with Gasteiger partial charge in [-0.15, -0.1) is 0 Å². The van der Waals surface area contributed by atoms with Crippen LogP contribution in [0.15, 0.2) is 12.1 Å². The first-order valence-electron chi connectivity index (χ1n) is 5.82. The first-order valence-corrected chi connectivity index (χ1v) is 5.82. The second-order valence-electron chi connectivity index (χ2n) is 3.65. The van der Waals surface area contributed by atoms with Crippen LogP contribution in [0.5, 0.6) is 0 Å². The molecule has 0 saturated carbocycles. The number of halogens is 1. The lowest BCUT2D eigenvalue weighted by molar-refractivity contribution is 0.618. The Hall–Kier alpha value is -1.36. The Morgan fingerprint density at radius 1 is 1.31 bits per heavy atom. The molecule has 0 aliphatic heterocycles. The molecule has 1 aromatic rings. The highest BCUT2D eigenvalue weighted by Crippen LogP contribution is 2.23. The summed E-state index contributed by atoms with van der Waals surface area (Å²) < 4.78 is 13.3. The molecule has 0 saturated heterocycles. The minimum absolute atomic E-state index is 0.145. The van der Waals surface area contributed by atoms with Crippen LogP contribution in [0.2, 0.25) is 0 Å². The fourth-order valence-corrected chi connectivity index (χ4v) is 1.56. The first kappa shape index (κ1) is 14.6. The van der Waals surface area contributed by atoms with Crippen molar-refractivity contribution < 1.29 is 4.39 Å². The second kappa shape index (κ2) is 7.00. The van der Waals surface area contributed by atoms with Gasteiger partial charge in [0.2, 0.25) is 0 Å². The highest BCUT2D eigenvalue weighted by atomic mass is 19.1. The Bertz CT molecular complexity index is 375. The van der Waals surface area contributed by atoms with Gasteiger partial charge in [-0.2, -0.15) is 5.26 Å². The van der Waals surface area contributed by atoms with Crippen molar-refractivity contribution in [3.05, 3.63) is 34.6 Å². The first-order chi connectivity index (χ1) is 7.60. The molecule has 2 heteroatoms. The topological polar surface area (TPSA) is 23.8 Å². The molecule has 16 heavy (non-hydrogen) atoms. The van der Waals surface area contributed by atoms with Gasteiger partial charge in [0.1, 0.15) is 11.9 Å². The molecule has 88 valence electrons. The molecular formula is C14H20FN. The maximum atomic E-state index is 13.3. The Labute approximate surface area is 97.9 Å². The molecule has 0 aliphatic rings. The molecule has 1 nitrogen and oxygen atoms in total. The highest BCUT2D eigenvalue weighted by molar-refractivity contribution is 5.40. The number of hydrogen-bond acceptors (Lipinski definition) is 1. The van der Waals surface area contributed by atoms with Crippen LogP contribution in [0.25, 0.3) is 0 Å². The van der Waals surface area contributed by atoms with Gasteiger partial charge in [0, 0.05) is 0 Å². The third-order valence-electron chi connectivity index (χ3n) is 2.35. The van der Waals surface area contributed by atoms with E-state index in [1.165, 1.54) is 6.07 Å². The summed E-state index contributed by atoms with van der Waals surface area (Å²) in [5.74, 6) is -0.111. The molecule has 0 unspecified atom stereocenters. The molecule has 0 spiro atoms. The monoisotopic (exact) mass is 221 g/mol. The van der Waals surface area contributed by atoms with Gasteiger partial charge in [-0.05, 0) is 35.6 Å². The summed E-state index contributed by atoms with van der Waals surface area (Å²) in [4.78, 5) is 0. The fourth-order valence-electron chi connectivity index (χ4n) is 1.56. The van der Waals surface area contributed by atoms with Gasteiger partial charge in [-0.3, -0.25) is 0 Å². The largest absolute Gasteiger partial charge is 0.206 e. The molecule has 0 bridgehead atoms. The van der Waals surface area contributed by atoms with Crippen LogP contribution < -0.4 is 0 Å². The lowest BCUT2D eigenvalue weighted by atomic mass is 9.94. The van der Waals surface area contributed by atoms with E-state index in [1.807, 2.05) is 40.7 Å². The molecule has 0 radical (unpaired) electrons. The number of rotatable bonds is 2. The predicted molar refractivity (Wildman–Crippen MR) is 65.9 cm³/mol. The number of aryl methyl sites for hydroxylation is 1. The van der Waals surface area contributed by atoms with E-state index in [9.17, 15) is 4.39 Å². The number of nitrogens with zero attached hydrogens (tertiary/aromatic N) is 1. The van der Waals surface area contributed by atoms with Crippen LogP contribution >= 0.6 is 0 Å². The van der Waals surface area contributed by atoms with E-state index in [2.05, 4.69) is 0 Å². The van der Waals surface area contributed by atoms with Crippen LogP contribution in [0.3, 0.4) is 0 Å². The Balaban J connectivity index is 0.00000106. The summed E-state index contributed by atoms with van der Waals surface area (Å²) >= 11 is 0. The Kier molecular flexibility index (Phi) is 6.41. The summed E-state index contributed by atoms with van der Waals surface area (Å²) in [6.07, 6.45) is 0.836. The number of benzene rings is 1. The van der Waals surface area contributed by atoms with Crippen molar-refractivity contribution in [1.82, 2.24) is 0 Å². The van der Waals surface area contributed by atoms with Crippen molar-refractivity contribution in [2.75, 3.05) is 0 Å². The van der Waals surface area contributed by atoms with E-state index < -0.39 is 5.82 Å². The van der Waals surface area contributed by atoms with E-state index in [0.29, 0.717) is 5.92 Å². The molecule has 0 fully saturated rings. The van der Waals surface area contributed by atoms with Crippen molar-refractivity contribution in [3.63, 3.8) is 0 Å². The van der Waals surface area contributed by atoms with E-state index in [4.69, 9.17) is 5.26 Å². The minimum atomic E-state index is -0.409. The summed E-state index contributed by atoms with van der Waals surface area (Å²) in [6, 6.07) is 5.01. The molecule has 0 amide bonds. The van der Waals surface area contributed by atoms with Gasteiger partial charge < -0.3 is 0 Å². The molecule has 0 aliphatic carbocycles. The smallest absolute Gasteiger partial charge is 0.141 e. The highest BCUT2D eigenvalue weighted by Gasteiger charge is 2.10. The Morgan fingerprint density at radius 2 is 1.88 bits per heavy atom. The van der Waals surface area contributed by atoms with Crippen LogP contribution in [-0.2, 0) is 6.42 Å². The van der Waals surface area contributed by atoms with E-state index >= 15 is 0 Å². The quantitative estimate of drug-likeness (QED) is 0.725. The third-order valence-corrected chi connectivity index (χ3v) is 2.35. The predicted octanol–water partition coefficient (Wildman–Crippen LogP) is 4.41. The van der Waals surface area contributed by atoms with Crippen molar-refractivity contribution in [1.29, 1.82) is 5.26 Å². The number of nitriles is 1. The summed E-state index contributed by atoms with van der Waals surface area (Å²) in [6.45, 7) is 10.1. The normalized spacial score (nSPS) is 9.38. The lowest BCUT2D eigenvalue weighted by Gasteiger charge is -2.12. The molecule has 0 atom stereocenters. The summed E-state index contributed by atoms with van der Waals surface area (Å²) in [5.41, 5.74) is 2.22. The second-order valence-corrected chi connectivity index (χ2v) is 3.65. The van der Waals surface area contributed by atoms with Crippen molar-refractivity contribution in [3.8, 4) is 6.07 Å². The average molecular weight is 221 g/mol. The van der Waals surface area contributed by atoms with Gasteiger partial charge in [0.05, 0.1) is 5.56 Å². The fraction of sp³-hybridized carbons (Fsp3) is 0.500. The average Bonchev–Trinajstić information content (AvgIpc) is 2.31. The van der Waals surface area contributed by atoms with Gasteiger partial charge in [0.15, 0.2) is 0 Å². The maximum absolute atomic E-state index is 13.3. The molecule has 0 aromatic heterocycles. The maximum Gasteiger partial charge on any atom is 0.141 e. The van der Waals surface area contributed by atoms with Crippen LogP contribution in [0, 0.1) is 17.1 Å².